The standard InChI is InChI=1S/C21H15F2N3O7S/c22-14-4-7-16(8-5-14)25-34(31,32)17-3-1-2-13(10-17)21(28)33-12-20(27)24-18-9-6-15(23)11-19(18)26(29)30/h1-11,25H,12H2,(H,24,27). The zero-order valence-corrected chi connectivity index (χ0v) is 17.8. The van der Waals surface area contributed by atoms with Gasteiger partial charge in [-0.05, 0) is 54.6 Å². The SMILES string of the molecule is O=C(COC(=O)c1cccc(S(=O)(=O)Nc2ccc(F)cc2)c1)Nc1ccc(F)cc1[N+](=O)[O-]. The molecule has 3 rings (SSSR count). The van der Waals surface area contributed by atoms with Crippen LogP contribution in [0.1, 0.15) is 10.4 Å². The minimum absolute atomic E-state index is 0.0981. The zero-order valence-electron chi connectivity index (χ0n) is 17.0. The van der Waals surface area contributed by atoms with E-state index in [2.05, 4.69) is 10.0 Å². The van der Waals surface area contributed by atoms with Gasteiger partial charge in [0.05, 0.1) is 21.4 Å². The Bertz CT molecular complexity index is 1360. The third-order valence-electron chi connectivity index (χ3n) is 4.24. The van der Waals surface area contributed by atoms with Crippen LogP contribution in [0.15, 0.2) is 71.6 Å². The van der Waals surface area contributed by atoms with Crippen LogP contribution in [-0.2, 0) is 19.6 Å². The van der Waals surface area contributed by atoms with E-state index in [-0.39, 0.29) is 21.8 Å². The Balaban J connectivity index is 1.66. The number of nitro groups is 1. The minimum atomic E-state index is -4.12. The summed E-state index contributed by atoms with van der Waals surface area (Å²) in [6.45, 7) is -0.849. The number of nitro benzene ring substituents is 1. The maximum atomic E-state index is 13.2. The average molecular weight is 491 g/mol. The fraction of sp³-hybridized carbons (Fsp3) is 0.0476. The predicted octanol–water partition coefficient (Wildman–Crippen LogP) is 3.47. The highest BCUT2D eigenvalue weighted by Gasteiger charge is 2.20. The normalized spacial score (nSPS) is 10.9. The molecule has 3 aromatic carbocycles. The number of anilines is 2. The molecule has 0 aliphatic rings. The lowest BCUT2D eigenvalue weighted by Crippen LogP contribution is -2.21. The summed E-state index contributed by atoms with van der Waals surface area (Å²) in [6.07, 6.45) is 0. The molecule has 34 heavy (non-hydrogen) atoms. The van der Waals surface area contributed by atoms with Crippen LogP contribution in [0.3, 0.4) is 0 Å². The van der Waals surface area contributed by atoms with Crippen molar-refractivity contribution < 1.29 is 36.4 Å². The van der Waals surface area contributed by atoms with Gasteiger partial charge < -0.3 is 10.1 Å². The Morgan fingerprint density at radius 2 is 1.65 bits per heavy atom. The van der Waals surface area contributed by atoms with Crippen LogP contribution >= 0.6 is 0 Å². The highest BCUT2D eigenvalue weighted by Crippen LogP contribution is 2.25. The van der Waals surface area contributed by atoms with E-state index >= 15 is 0 Å². The van der Waals surface area contributed by atoms with Crippen molar-refractivity contribution in [3.05, 3.63) is 94.0 Å². The second-order valence-corrected chi connectivity index (χ2v) is 8.37. The number of hydrogen-bond acceptors (Lipinski definition) is 7. The lowest BCUT2D eigenvalue weighted by Gasteiger charge is -2.10. The number of amides is 1. The Morgan fingerprint density at radius 1 is 0.971 bits per heavy atom. The molecule has 0 aliphatic heterocycles. The second-order valence-electron chi connectivity index (χ2n) is 6.68. The van der Waals surface area contributed by atoms with Crippen molar-refractivity contribution in [1.29, 1.82) is 0 Å². The van der Waals surface area contributed by atoms with E-state index in [0.29, 0.717) is 6.07 Å². The van der Waals surface area contributed by atoms with E-state index in [4.69, 9.17) is 4.74 Å². The summed E-state index contributed by atoms with van der Waals surface area (Å²) in [5, 5.41) is 13.1. The van der Waals surface area contributed by atoms with Crippen molar-refractivity contribution in [1.82, 2.24) is 0 Å². The van der Waals surface area contributed by atoms with Crippen molar-refractivity contribution in [3.63, 3.8) is 0 Å². The predicted molar refractivity (Wildman–Crippen MR) is 116 cm³/mol. The maximum Gasteiger partial charge on any atom is 0.338 e. The van der Waals surface area contributed by atoms with E-state index in [1.54, 1.807) is 0 Å². The molecular formula is C21H15F2N3O7S. The van der Waals surface area contributed by atoms with Gasteiger partial charge in [-0.25, -0.2) is 22.0 Å². The number of hydrogen-bond donors (Lipinski definition) is 2. The van der Waals surface area contributed by atoms with Crippen LogP contribution in [0, 0.1) is 21.7 Å². The number of nitrogens with zero attached hydrogens (tertiary/aromatic N) is 1. The van der Waals surface area contributed by atoms with Gasteiger partial charge in [0.2, 0.25) is 0 Å². The Labute approximate surface area is 191 Å². The first-order valence-corrected chi connectivity index (χ1v) is 10.8. The molecule has 0 atom stereocenters. The van der Waals surface area contributed by atoms with Gasteiger partial charge in [0.25, 0.3) is 21.6 Å². The number of ether oxygens (including phenoxy) is 1. The van der Waals surface area contributed by atoms with Gasteiger partial charge in [0.1, 0.15) is 17.3 Å². The first-order chi connectivity index (χ1) is 16.0. The highest BCUT2D eigenvalue weighted by molar-refractivity contribution is 7.92. The van der Waals surface area contributed by atoms with E-state index < -0.39 is 50.8 Å². The van der Waals surface area contributed by atoms with E-state index in [1.165, 1.54) is 30.3 Å². The van der Waals surface area contributed by atoms with Crippen molar-refractivity contribution in [2.75, 3.05) is 16.6 Å². The van der Waals surface area contributed by atoms with Crippen molar-refractivity contribution in [3.8, 4) is 0 Å². The fourth-order valence-electron chi connectivity index (χ4n) is 2.68. The van der Waals surface area contributed by atoms with Crippen LogP contribution < -0.4 is 10.0 Å². The number of carbonyl (C=O) groups is 2. The lowest BCUT2D eigenvalue weighted by molar-refractivity contribution is -0.384. The Hall–Kier alpha value is -4.39. The number of rotatable bonds is 8. The largest absolute Gasteiger partial charge is 0.452 e. The second kappa shape index (κ2) is 10.0. The molecule has 0 bridgehead atoms. The smallest absolute Gasteiger partial charge is 0.338 e. The molecule has 176 valence electrons. The van der Waals surface area contributed by atoms with Gasteiger partial charge >= 0.3 is 5.97 Å². The monoisotopic (exact) mass is 491 g/mol. The number of sulfonamides is 1. The van der Waals surface area contributed by atoms with Gasteiger partial charge in [-0.1, -0.05) is 6.07 Å². The van der Waals surface area contributed by atoms with Gasteiger partial charge in [0, 0.05) is 5.69 Å². The van der Waals surface area contributed by atoms with Gasteiger partial charge in [-0.2, -0.15) is 0 Å². The van der Waals surface area contributed by atoms with Crippen LogP contribution in [-0.4, -0.2) is 31.8 Å². The Kier molecular flexibility index (Phi) is 7.16. The zero-order chi connectivity index (χ0) is 24.9. The summed E-state index contributed by atoms with van der Waals surface area (Å²) >= 11 is 0. The number of halogens is 2. The summed E-state index contributed by atoms with van der Waals surface area (Å²) < 4.78 is 58.3. The number of esters is 1. The molecule has 3 aromatic rings. The molecule has 2 N–H and O–H groups in total. The molecule has 0 unspecified atom stereocenters. The van der Waals surface area contributed by atoms with E-state index in [9.17, 15) is 36.9 Å². The molecule has 13 heteroatoms. The topological polar surface area (TPSA) is 145 Å². The molecule has 0 saturated carbocycles. The molecular weight excluding hydrogens is 476 g/mol. The third-order valence-corrected chi connectivity index (χ3v) is 5.62. The van der Waals surface area contributed by atoms with Crippen LogP contribution in [0.25, 0.3) is 0 Å². The maximum absolute atomic E-state index is 13.2. The van der Waals surface area contributed by atoms with Gasteiger partial charge in [0.15, 0.2) is 6.61 Å². The van der Waals surface area contributed by atoms with Crippen molar-refractivity contribution >= 4 is 39.0 Å². The van der Waals surface area contributed by atoms with Crippen molar-refractivity contribution in [2.24, 2.45) is 0 Å². The first kappa shape index (κ1) is 24.3. The minimum Gasteiger partial charge on any atom is -0.452 e. The highest BCUT2D eigenvalue weighted by atomic mass is 32.2. The van der Waals surface area contributed by atoms with Crippen LogP contribution in [0.5, 0.6) is 0 Å². The summed E-state index contributed by atoms with van der Waals surface area (Å²) in [7, 11) is -4.12. The van der Waals surface area contributed by atoms with E-state index in [1.807, 2.05) is 0 Å². The summed E-state index contributed by atoms with van der Waals surface area (Å²) in [5.41, 5.74) is -1.08. The van der Waals surface area contributed by atoms with Crippen LogP contribution in [0.4, 0.5) is 25.8 Å². The van der Waals surface area contributed by atoms with Crippen LogP contribution in [0.2, 0.25) is 0 Å². The van der Waals surface area contributed by atoms with Crippen molar-refractivity contribution in [2.45, 2.75) is 4.90 Å². The number of carbonyl (C=O) groups excluding carboxylic acids is 2. The lowest BCUT2D eigenvalue weighted by atomic mass is 10.2. The van der Waals surface area contributed by atoms with Gasteiger partial charge in [-0.3, -0.25) is 19.6 Å². The molecule has 0 aromatic heterocycles. The third kappa shape index (κ3) is 6.10. The van der Waals surface area contributed by atoms with Gasteiger partial charge in [-0.15, -0.1) is 0 Å². The molecule has 10 nitrogen and oxygen atoms in total. The molecule has 1 amide bonds. The molecule has 0 fully saturated rings. The molecule has 0 spiro atoms. The number of benzene rings is 3. The first-order valence-electron chi connectivity index (χ1n) is 9.34. The van der Waals surface area contributed by atoms with E-state index in [0.717, 1.165) is 30.3 Å². The molecule has 0 aliphatic carbocycles. The number of nitrogens with one attached hydrogen (secondary N) is 2. The quantitative estimate of drug-likeness (QED) is 0.279. The molecule has 0 saturated heterocycles. The Morgan fingerprint density at radius 3 is 2.32 bits per heavy atom. The molecule has 0 heterocycles. The summed E-state index contributed by atoms with van der Waals surface area (Å²) in [4.78, 5) is 34.1. The fourth-order valence-corrected chi connectivity index (χ4v) is 3.79. The summed E-state index contributed by atoms with van der Waals surface area (Å²) in [6, 6.07) is 11.8. The average Bonchev–Trinajstić information content (AvgIpc) is 2.80. The molecule has 0 radical (unpaired) electrons. The summed E-state index contributed by atoms with van der Waals surface area (Å²) in [5.74, 6) is -3.40.